The standard InChI is InChI=1S/C14H16ClF2NO/c15-6-5-10-2-1-7-18(9-10)14(19)11-3-4-12(16)13(17)8-11/h3-4,8,10H,1-2,5-7,9H2. The van der Waals surface area contributed by atoms with E-state index in [-0.39, 0.29) is 11.5 Å². The van der Waals surface area contributed by atoms with Crippen molar-refractivity contribution in [3.8, 4) is 0 Å². The zero-order valence-corrected chi connectivity index (χ0v) is 11.3. The molecule has 1 saturated heterocycles. The Morgan fingerprint density at radius 3 is 2.84 bits per heavy atom. The van der Waals surface area contributed by atoms with Gasteiger partial charge in [-0.05, 0) is 43.4 Å². The van der Waals surface area contributed by atoms with E-state index in [9.17, 15) is 13.6 Å². The van der Waals surface area contributed by atoms with Crippen LogP contribution in [0, 0.1) is 17.6 Å². The van der Waals surface area contributed by atoms with Crippen molar-refractivity contribution in [3.63, 3.8) is 0 Å². The Morgan fingerprint density at radius 1 is 1.37 bits per heavy atom. The van der Waals surface area contributed by atoms with Gasteiger partial charge in [0.15, 0.2) is 11.6 Å². The number of benzene rings is 1. The maximum Gasteiger partial charge on any atom is 0.253 e. The predicted octanol–water partition coefficient (Wildman–Crippen LogP) is 3.45. The van der Waals surface area contributed by atoms with E-state index in [1.807, 2.05) is 0 Å². The van der Waals surface area contributed by atoms with Crippen molar-refractivity contribution in [1.29, 1.82) is 0 Å². The first-order valence-corrected chi connectivity index (χ1v) is 6.95. The summed E-state index contributed by atoms with van der Waals surface area (Å²) >= 11 is 5.72. The third-order valence-electron chi connectivity index (χ3n) is 3.49. The Hall–Kier alpha value is -1.16. The lowest BCUT2D eigenvalue weighted by Crippen LogP contribution is -2.40. The van der Waals surface area contributed by atoms with E-state index in [2.05, 4.69) is 0 Å². The van der Waals surface area contributed by atoms with Gasteiger partial charge in [0, 0.05) is 24.5 Å². The highest BCUT2D eigenvalue weighted by Crippen LogP contribution is 2.22. The number of rotatable bonds is 3. The summed E-state index contributed by atoms with van der Waals surface area (Å²) in [4.78, 5) is 13.9. The molecule has 0 N–H and O–H groups in total. The number of amides is 1. The highest BCUT2D eigenvalue weighted by Gasteiger charge is 2.24. The number of likely N-dealkylation sites (tertiary alicyclic amines) is 1. The largest absolute Gasteiger partial charge is 0.338 e. The molecule has 1 aromatic carbocycles. The van der Waals surface area contributed by atoms with Gasteiger partial charge in [0.05, 0.1) is 0 Å². The van der Waals surface area contributed by atoms with Crippen LogP contribution in [0.15, 0.2) is 18.2 Å². The van der Waals surface area contributed by atoms with Crippen LogP contribution in [0.1, 0.15) is 29.6 Å². The minimum absolute atomic E-state index is 0.199. The first-order valence-electron chi connectivity index (χ1n) is 6.42. The summed E-state index contributed by atoms with van der Waals surface area (Å²) < 4.78 is 26.0. The average molecular weight is 288 g/mol. The van der Waals surface area contributed by atoms with Gasteiger partial charge >= 0.3 is 0 Å². The predicted molar refractivity (Wildman–Crippen MR) is 70.3 cm³/mol. The molecular weight excluding hydrogens is 272 g/mol. The second-order valence-electron chi connectivity index (χ2n) is 4.87. The van der Waals surface area contributed by atoms with Gasteiger partial charge in [0.2, 0.25) is 0 Å². The molecule has 1 aliphatic rings. The van der Waals surface area contributed by atoms with Crippen molar-refractivity contribution < 1.29 is 13.6 Å². The fourth-order valence-electron chi connectivity index (χ4n) is 2.45. The van der Waals surface area contributed by atoms with Crippen molar-refractivity contribution in [2.24, 2.45) is 5.92 Å². The Kier molecular flexibility index (Phi) is 4.75. The van der Waals surface area contributed by atoms with Gasteiger partial charge in [0.1, 0.15) is 0 Å². The van der Waals surface area contributed by atoms with Crippen LogP contribution in [-0.2, 0) is 0 Å². The van der Waals surface area contributed by atoms with Crippen LogP contribution in [0.3, 0.4) is 0 Å². The number of halogens is 3. The second kappa shape index (κ2) is 6.33. The SMILES string of the molecule is O=C(c1ccc(F)c(F)c1)N1CCCC(CCCl)C1. The first-order chi connectivity index (χ1) is 9.11. The summed E-state index contributed by atoms with van der Waals surface area (Å²) in [7, 11) is 0. The topological polar surface area (TPSA) is 20.3 Å². The van der Waals surface area contributed by atoms with E-state index in [0.717, 1.165) is 31.4 Å². The molecule has 19 heavy (non-hydrogen) atoms. The molecule has 2 rings (SSSR count). The van der Waals surface area contributed by atoms with Crippen LogP contribution in [0.4, 0.5) is 8.78 Å². The number of alkyl halides is 1. The number of carbonyl (C=O) groups is 1. The van der Waals surface area contributed by atoms with Gasteiger partial charge in [-0.1, -0.05) is 0 Å². The summed E-state index contributed by atoms with van der Waals surface area (Å²) in [5.74, 6) is -1.17. The molecule has 2 nitrogen and oxygen atoms in total. The molecule has 0 bridgehead atoms. The summed E-state index contributed by atoms with van der Waals surface area (Å²) in [5.41, 5.74) is 0.199. The molecule has 0 aliphatic carbocycles. The van der Waals surface area contributed by atoms with Crippen molar-refractivity contribution in [3.05, 3.63) is 35.4 Å². The number of hydrogen-bond donors (Lipinski definition) is 0. The van der Waals surface area contributed by atoms with Crippen LogP contribution in [0.2, 0.25) is 0 Å². The summed E-state index contributed by atoms with van der Waals surface area (Å²) in [6, 6.07) is 3.28. The minimum atomic E-state index is -0.986. The lowest BCUT2D eigenvalue weighted by molar-refractivity contribution is 0.0671. The molecule has 104 valence electrons. The number of carbonyl (C=O) groups excluding carboxylic acids is 1. The summed E-state index contributed by atoms with van der Waals surface area (Å²) in [6.45, 7) is 1.31. The van der Waals surface area contributed by atoms with Crippen LogP contribution in [-0.4, -0.2) is 29.8 Å². The van der Waals surface area contributed by atoms with Gasteiger partial charge in [-0.3, -0.25) is 4.79 Å². The molecule has 5 heteroatoms. The molecule has 1 fully saturated rings. The van der Waals surface area contributed by atoms with Crippen LogP contribution >= 0.6 is 11.6 Å². The molecule has 0 aromatic heterocycles. The van der Waals surface area contributed by atoms with E-state index in [0.29, 0.717) is 24.9 Å². The molecule has 0 saturated carbocycles. The third-order valence-corrected chi connectivity index (χ3v) is 3.71. The zero-order valence-electron chi connectivity index (χ0n) is 10.5. The zero-order chi connectivity index (χ0) is 13.8. The Labute approximate surface area is 116 Å². The van der Waals surface area contributed by atoms with E-state index in [4.69, 9.17) is 11.6 Å². The van der Waals surface area contributed by atoms with E-state index in [1.165, 1.54) is 6.07 Å². The Bertz CT molecular complexity index is 465. The molecule has 1 aliphatic heterocycles. The Balaban J connectivity index is 2.08. The maximum atomic E-state index is 13.1. The molecule has 0 radical (unpaired) electrons. The van der Waals surface area contributed by atoms with E-state index in [1.54, 1.807) is 4.90 Å². The quantitative estimate of drug-likeness (QED) is 0.780. The van der Waals surface area contributed by atoms with Crippen LogP contribution in [0.25, 0.3) is 0 Å². The van der Waals surface area contributed by atoms with Gasteiger partial charge in [-0.15, -0.1) is 11.6 Å². The van der Waals surface area contributed by atoms with Crippen molar-refractivity contribution in [1.82, 2.24) is 4.90 Å². The Morgan fingerprint density at radius 2 is 2.16 bits per heavy atom. The fraction of sp³-hybridized carbons (Fsp3) is 0.500. The van der Waals surface area contributed by atoms with Crippen molar-refractivity contribution in [2.75, 3.05) is 19.0 Å². The number of hydrogen-bond acceptors (Lipinski definition) is 1. The molecule has 1 heterocycles. The van der Waals surface area contributed by atoms with Crippen molar-refractivity contribution >= 4 is 17.5 Å². The lowest BCUT2D eigenvalue weighted by Gasteiger charge is -2.32. The summed E-state index contributed by atoms with van der Waals surface area (Å²) in [5, 5.41) is 0. The van der Waals surface area contributed by atoms with Gasteiger partial charge < -0.3 is 4.90 Å². The van der Waals surface area contributed by atoms with E-state index < -0.39 is 11.6 Å². The highest BCUT2D eigenvalue weighted by atomic mass is 35.5. The van der Waals surface area contributed by atoms with Gasteiger partial charge in [-0.2, -0.15) is 0 Å². The van der Waals surface area contributed by atoms with Gasteiger partial charge in [0.25, 0.3) is 5.91 Å². The third kappa shape index (κ3) is 3.44. The normalized spacial score (nSPS) is 19.5. The number of piperidine rings is 1. The number of nitrogens with zero attached hydrogens (tertiary/aromatic N) is 1. The molecule has 1 atom stereocenters. The minimum Gasteiger partial charge on any atom is -0.338 e. The van der Waals surface area contributed by atoms with Crippen LogP contribution < -0.4 is 0 Å². The highest BCUT2D eigenvalue weighted by molar-refractivity contribution is 6.17. The van der Waals surface area contributed by atoms with E-state index >= 15 is 0 Å². The second-order valence-corrected chi connectivity index (χ2v) is 5.24. The average Bonchev–Trinajstić information content (AvgIpc) is 2.42. The molecule has 1 amide bonds. The molecule has 1 aromatic rings. The van der Waals surface area contributed by atoms with Crippen molar-refractivity contribution in [2.45, 2.75) is 19.3 Å². The lowest BCUT2D eigenvalue weighted by atomic mass is 9.95. The monoisotopic (exact) mass is 287 g/mol. The molecule has 1 unspecified atom stereocenters. The first kappa shape index (κ1) is 14.3. The fourth-order valence-corrected chi connectivity index (χ4v) is 2.76. The van der Waals surface area contributed by atoms with Crippen LogP contribution in [0.5, 0.6) is 0 Å². The molecular formula is C14H16ClF2NO. The van der Waals surface area contributed by atoms with Gasteiger partial charge in [-0.25, -0.2) is 8.78 Å². The smallest absolute Gasteiger partial charge is 0.253 e. The molecule has 0 spiro atoms. The summed E-state index contributed by atoms with van der Waals surface area (Å²) in [6.07, 6.45) is 2.87. The maximum absolute atomic E-state index is 13.1.